The maximum atomic E-state index is 12.5. The van der Waals surface area contributed by atoms with Gasteiger partial charge >= 0.3 is 5.97 Å². The van der Waals surface area contributed by atoms with E-state index < -0.39 is 42.5 Å². The van der Waals surface area contributed by atoms with Gasteiger partial charge in [0.1, 0.15) is 12.7 Å². The number of hydrogen-bond donors (Lipinski definition) is 4. The minimum atomic E-state index is -1.75. The number of aliphatic hydroxyl groups excluding tert-OH is 1. The molecule has 7 heteroatoms. The average Bonchev–Trinajstić information content (AvgIpc) is 2.27. The van der Waals surface area contributed by atoms with Crippen molar-refractivity contribution < 1.29 is 24.2 Å². The van der Waals surface area contributed by atoms with Gasteiger partial charge in [-0.15, -0.1) is 0 Å². The van der Waals surface area contributed by atoms with E-state index in [0.717, 1.165) is 0 Å². The van der Waals surface area contributed by atoms with Crippen LogP contribution in [0.1, 0.15) is 20.3 Å². The van der Waals surface area contributed by atoms with Crippen LogP contribution in [-0.2, 0) is 9.59 Å². The molecule has 0 aromatic rings. The van der Waals surface area contributed by atoms with Gasteiger partial charge in [0, 0.05) is 0 Å². The number of aliphatic carboxylic acids is 1. The summed E-state index contributed by atoms with van der Waals surface area (Å²) in [7, 11) is 0. The highest BCUT2D eigenvalue weighted by molar-refractivity contribution is 5.91. The average molecular weight is 264 g/mol. The van der Waals surface area contributed by atoms with Crippen molar-refractivity contribution in [3.8, 4) is 0 Å². The second kappa shape index (κ2) is 7.40. The lowest BCUT2D eigenvalue weighted by atomic mass is 9.84. The summed E-state index contributed by atoms with van der Waals surface area (Å²) >= 11 is 0. The van der Waals surface area contributed by atoms with Gasteiger partial charge in [0.2, 0.25) is 0 Å². The Morgan fingerprint density at radius 3 is 2.11 bits per heavy atom. The number of nitrogens with two attached hydrogens (primary N) is 2. The Morgan fingerprint density at radius 1 is 1.28 bits per heavy atom. The van der Waals surface area contributed by atoms with Gasteiger partial charge in [0.15, 0.2) is 5.78 Å². The SMILES string of the molecule is CC(C)C[C@H](N)C(=O)C(C(O)CF)C(N)C(=O)O. The normalized spacial score (nSPS) is 18.2. The summed E-state index contributed by atoms with van der Waals surface area (Å²) in [4.78, 5) is 22.7. The first kappa shape index (κ1) is 16.9. The minimum Gasteiger partial charge on any atom is -0.480 e. The quantitative estimate of drug-likeness (QED) is 0.458. The van der Waals surface area contributed by atoms with Gasteiger partial charge in [0.25, 0.3) is 0 Å². The third-order valence-electron chi connectivity index (χ3n) is 2.66. The molecule has 0 amide bonds. The molecule has 4 atom stereocenters. The molecule has 0 saturated carbocycles. The van der Waals surface area contributed by atoms with E-state index in [1.165, 1.54) is 0 Å². The van der Waals surface area contributed by atoms with E-state index in [1.807, 2.05) is 13.8 Å². The second-order valence-electron chi connectivity index (χ2n) is 4.75. The van der Waals surface area contributed by atoms with Crippen LogP contribution in [0.5, 0.6) is 0 Å². The Hall–Kier alpha value is -1.05. The van der Waals surface area contributed by atoms with Gasteiger partial charge < -0.3 is 21.7 Å². The van der Waals surface area contributed by atoms with Crippen LogP contribution >= 0.6 is 0 Å². The molecule has 18 heavy (non-hydrogen) atoms. The summed E-state index contributed by atoms with van der Waals surface area (Å²) in [5.41, 5.74) is 10.9. The van der Waals surface area contributed by atoms with E-state index in [1.54, 1.807) is 0 Å². The van der Waals surface area contributed by atoms with Gasteiger partial charge in [-0.25, -0.2) is 4.39 Å². The Kier molecular flexibility index (Phi) is 6.97. The van der Waals surface area contributed by atoms with Crippen molar-refractivity contribution in [3.05, 3.63) is 0 Å². The maximum absolute atomic E-state index is 12.5. The predicted octanol–water partition coefficient (Wildman–Crippen LogP) is -0.713. The Bertz CT molecular complexity index is 299. The van der Waals surface area contributed by atoms with E-state index in [9.17, 15) is 19.1 Å². The summed E-state index contributed by atoms with van der Waals surface area (Å²) in [6.07, 6.45) is -1.43. The molecule has 0 aromatic heterocycles. The van der Waals surface area contributed by atoms with Crippen molar-refractivity contribution in [2.24, 2.45) is 23.3 Å². The standard InChI is InChI=1S/C11H21FN2O4/c1-5(2)3-6(13)10(16)8(7(15)4-12)9(14)11(17)18/h5-9,15H,3-4,13-14H2,1-2H3,(H,17,18)/t6-,7?,8?,9?/m0/s1. The monoisotopic (exact) mass is 264 g/mol. The highest BCUT2D eigenvalue weighted by atomic mass is 19.1. The number of rotatable bonds is 8. The number of halogens is 1. The Balaban J connectivity index is 4.96. The van der Waals surface area contributed by atoms with Crippen LogP contribution in [0.25, 0.3) is 0 Å². The number of carboxylic acid groups (broad SMARTS) is 1. The molecule has 0 aliphatic carbocycles. The van der Waals surface area contributed by atoms with Crippen LogP contribution in [-0.4, -0.2) is 46.8 Å². The maximum Gasteiger partial charge on any atom is 0.321 e. The fourth-order valence-corrected chi connectivity index (χ4v) is 1.73. The van der Waals surface area contributed by atoms with Crippen LogP contribution in [0.15, 0.2) is 0 Å². The first-order valence-corrected chi connectivity index (χ1v) is 5.74. The fraction of sp³-hybridized carbons (Fsp3) is 0.818. The van der Waals surface area contributed by atoms with Gasteiger partial charge in [-0.1, -0.05) is 13.8 Å². The van der Waals surface area contributed by atoms with Crippen molar-refractivity contribution in [2.75, 3.05) is 6.67 Å². The molecule has 0 aliphatic rings. The number of ketones is 1. The van der Waals surface area contributed by atoms with Gasteiger partial charge in [-0.05, 0) is 12.3 Å². The van der Waals surface area contributed by atoms with Gasteiger partial charge in [-0.3, -0.25) is 9.59 Å². The topological polar surface area (TPSA) is 127 Å². The molecule has 0 bridgehead atoms. The molecule has 6 N–H and O–H groups in total. The summed E-state index contributed by atoms with van der Waals surface area (Å²) < 4.78 is 12.5. The minimum absolute atomic E-state index is 0.119. The molecule has 6 nitrogen and oxygen atoms in total. The molecular formula is C11H21FN2O4. The zero-order valence-corrected chi connectivity index (χ0v) is 10.5. The van der Waals surface area contributed by atoms with E-state index in [2.05, 4.69) is 0 Å². The van der Waals surface area contributed by atoms with Crippen LogP contribution < -0.4 is 11.5 Å². The number of alkyl halides is 1. The molecule has 0 heterocycles. The largest absolute Gasteiger partial charge is 0.480 e. The molecular weight excluding hydrogens is 243 g/mol. The van der Waals surface area contributed by atoms with Crippen molar-refractivity contribution in [1.29, 1.82) is 0 Å². The highest BCUT2D eigenvalue weighted by Crippen LogP contribution is 2.16. The smallest absolute Gasteiger partial charge is 0.321 e. The van der Waals surface area contributed by atoms with E-state index in [4.69, 9.17) is 16.6 Å². The number of carbonyl (C=O) groups is 2. The molecule has 0 radical (unpaired) electrons. The number of carboxylic acids is 1. The Labute approximate surface area is 105 Å². The molecule has 0 rings (SSSR count). The summed E-state index contributed by atoms with van der Waals surface area (Å²) in [5, 5.41) is 18.2. The van der Waals surface area contributed by atoms with Crippen molar-refractivity contribution in [2.45, 2.75) is 38.5 Å². The van der Waals surface area contributed by atoms with Crippen molar-refractivity contribution in [1.82, 2.24) is 0 Å². The van der Waals surface area contributed by atoms with E-state index in [-0.39, 0.29) is 5.92 Å². The first-order chi connectivity index (χ1) is 8.22. The van der Waals surface area contributed by atoms with Crippen LogP contribution in [0.2, 0.25) is 0 Å². The molecule has 106 valence electrons. The predicted molar refractivity (Wildman–Crippen MR) is 63.5 cm³/mol. The number of Topliss-reactive ketones (excluding diaryl/α,β-unsaturated/α-hetero) is 1. The number of carbonyl (C=O) groups excluding carboxylic acids is 1. The van der Waals surface area contributed by atoms with Gasteiger partial charge in [0.05, 0.1) is 18.1 Å². The fourth-order valence-electron chi connectivity index (χ4n) is 1.73. The van der Waals surface area contributed by atoms with Crippen molar-refractivity contribution >= 4 is 11.8 Å². The molecule has 3 unspecified atom stereocenters. The molecule has 0 spiro atoms. The lowest BCUT2D eigenvalue weighted by molar-refractivity contribution is -0.145. The molecule has 0 saturated heterocycles. The highest BCUT2D eigenvalue weighted by Gasteiger charge is 2.38. The summed E-state index contributed by atoms with van der Waals surface area (Å²) in [5.74, 6) is -3.60. The van der Waals surface area contributed by atoms with E-state index in [0.29, 0.717) is 6.42 Å². The lowest BCUT2D eigenvalue weighted by Crippen LogP contribution is -2.53. The third-order valence-corrected chi connectivity index (χ3v) is 2.66. The number of aliphatic hydroxyl groups is 1. The number of hydrogen-bond acceptors (Lipinski definition) is 5. The molecule has 0 aromatic carbocycles. The summed E-state index contributed by atoms with van der Waals surface area (Å²) in [6, 6.07) is -2.62. The van der Waals surface area contributed by atoms with E-state index >= 15 is 0 Å². The van der Waals surface area contributed by atoms with Crippen molar-refractivity contribution in [3.63, 3.8) is 0 Å². The van der Waals surface area contributed by atoms with Crippen LogP contribution in [0.4, 0.5) is 4.39 Å². The summed E-state index contributed by atoms with van der Waals surface area (Å²) in [6.45, 7) is 2.43. The first-order valence-electron chi connectivity index (χ1n) is 5.74. The zero-order chi connectivity index (χ0) is 14.5. The van der Waals surface area contributed by atoms with Crippen LogP contribution in [0.3, 0.4) is 0 Å². The Morgan fingerprint density at radius 2 is 1.78 bits per heavy atom. The third kappa shape index (κ3) is 4.67. The molecule has 0 fully saturated rings. The molecule has 0 aliphatic heterocycles. The second-order valence-corrected chi connectivity index (χ2v) is 4.75. The van der Waals surface area contributed by atoms with Gasteiger partial charge in [-0.2, -0.15) is 0 Å². The lowest BCUT2D eigenvalue weighted by Gasteiger charge is -2.26. The zero-order valence-electron chi connectivity index (χ0n) is 10.5. The van der Waals surface area contributed by atoms with Crippen LogP contribution in [0, 0.1) is 11.8 Å².